The molecule has 1 atom stereocenters. The van der Waals surface area contributed by atoms with Crippen molar-refractivity contribution in [3.63, 3.8) is 0 Å². The summed E-state index contributed by atoms with van der Waals surface area (Å²) in [6, 6.07) is 7.10. The Morgan fingerprint density at radius 1 is 1.50 bits per heavy atom. The van der Waals surface area contributed by atoms with Crippen molar-refractivity contribution >= 4 is 5.97 Å². The van der Waals surface area contributed by atoms with E-state index < -0.39 is 11.5 Å². The number of hydrogen-bond donors (Lipinski definition) is 2. The maximum atomic E-state index is 12.0. The van der Waals surface area contributed by atoms with E-state index >= 15 is 0 Å². The number of esters is 1. The summed E-state index contributed by atoms with van der Waals surface area (Å²) < 4.78 is 10.7. The van der Waals surface area contributed by atoms with E-state index in [1.54, 1.807) is 31.2 Å². The fourth-order valence-electron chi connectivity index (χ4n) is 2.14. The lowest BCUT2D eigenvalue weighted by molar-refractivity contribution is -0.151. The molecule has 1 aliphatic rings. The van der Waals surface area contributed by atoms with Crippen molar-refractivity contribution in [1.29, 1.82) is 0 Å². The van der Waals surface area contributed by atoms with Crippen LogP contribution >= 0.6 is 0 Å². The largest absolute Gasteiger partial charge is 0.491 e. The zero-order valence-electron chi connectivity index (χ0n) is 11.7. The first-order chi connectivity index (χ1) is 9.60. The number of ether oxygens (including phenoxy) is 2. The van der Waals surface area contributed by atoms with Gasteiger partial charge in [0.1, 0.15) is 12.4 Å². The summed E-state index contributed by atoms with van der Waals surface area (Å²) in [7, 11) is 0. The summed E-state index contributed by atoms with van der Waals surface area (Å²) in [5, 5.41) is 9.09. The van der Waals surface area contributed by atoms with Crippen molar-refractivity contribution in [1.82, 2.24) is 0 Å². The van der Waals surface area contributed by atoms with Crippen LogP contribution in [0.2, 0.25) is 0 Å². The van der Waals surface area contributed by atoms with E-state index in [4.69, 9.17) is 20.3 Å². The standard InChI is InChI=1S/C15H21NO4/c1-2-19-14(18)15(16,12-6-7-12)10-20-13-5-3-4-11(8-13)9-17/h3-5,8,12,17H,2,6-7,9-10,16H2,1H3. The summed E-state index contributed by atoms with van der Waals surface area (Å²) >= 11 is 0. The predicted molar refractivity (Wildman–Crippen MR) is 74.1 cm³/mol. The quantitative estimate of drug-likeness (QED) is 0.734. The molecule has 1 fully saturated rings. The second-order valence-corrected chi connectivity index (χ2v) is 5.13. The lowest BCUT2D eigenvalue weighted by atomic mass is 9.96. The van der Waals surface area contributed by atoms with E-state index in [0.717, 1.165) is 18.4 Å². The summed E-state index contributed by atoms with van der Waals surface area (Å²) in [5.74, 6) is 0.319. The molecule has 0 aliphatic heterocycles. The first kappa shape index (κ1) is 14.8. The molecule has 0 spiro atoms. The number of nitrogens with two attached hydrogens (primary N) is 1. The Morgan fingerprint density at radius 3 is 2.85 bits per heavy atom. The highest BCUT2D eigenvalue weighted by Crippen LogP contribution is 2.39. The van der Waals surface area contributed by atoms with Gasteiger partial charge in [0.05, 0.1) is 13.2 Å². The molecule has 0 saturated heterocycles. The maximum Gasteiger partial charge on any atom is 0.329 e. The van der Waals surface area contributed by atoms with E-state index in [1.807, 2.05) is 0 Å². The normalized spacial score (nSPS) is 17.4. The second kappa shape index (κ2) is 6.24. The molecular formula is C15H21NO4. The highest BCUT2D eigenvalue weighted by molar-refractivity contribution is 5.81. The van der Waals surface area contributed by atoms with Crippen molar-refractivity contribution in [3.8, 4) is 5.75 Å². The van der Waals surface area contributed by atoms with Crippen LogP contribution in [-0.2, 0) is 16.1 Å². The van der Waals surface area contributed by atoms with Crippen LogP contribution in [0.3, 0.4) is 0 Å². The van der Waals surface area contributed by atoms with Crippen LogP contribution in [0.5, 0.6) is 5.75 Å². The van der Waals surface area contributed by atoms with Crippen molar-refractivity contribution in [2.75, 3.05) is 13.2 Å². The number of carbonyl (C=O) groups is 1. The number of hydrogen-bond acceptors (Lipinski definition) is 5. The molecule has 1 aromatic rings. The first-order valence-electron chi connectivity index (χ1n) is 6.89. The number of aliphatic hydroxyl groups is 1. The smallest absolute Gasteiger partial charge is 0.329 e. The van der Waals surface area contributed by atoms with Crippen LogP contribution in [-0.4, -0.2) is 29.8 Å². The van der Waals surface area contributed by atoms with Gasteiger partial charge in [-0.2, -0.15) is 0 Å². The molecule has 0 amide bonds. The average Bonchev–Trinajstić information content (AvgIpc) is 3.30. The molecule has 20 heavy (non-hydrogen) atoms. The van der Waals surface area contributed by atoms with E-state index in [0.29, 0.717) is 12.4 Å². The van der Waals surface area contributed by atoms with Gasteiger partial charge in [0.2, 0.25) is 0 Å². The lowest BCUT2D eigenvalue weighted by Crippen LogP contribution is -2.55. The van der Waals surface area contributed by atoms with Gasteiger partial charge in [0.25, 0.3) is 0 Å². The third-order valence-electron chi connectivity index (χ3n) is 3.52. The van der Waals surface area contributed by atoms with Crippen LogP contribution in [0.25, 0.3) is 0 Å². The van der Waals surface area contributed by atoms with E-state index in [1.165, 1.54) is 0 Å². The van der Waals surface area contributed by atoms with Gasteiger partial charge in [-0.1, -0.05) is 12.1 Å². The van der Waals surface area contributed by atoms with Crippen LogP contribution in [0, 0.1) is 5.92 Å². The van der Waals surface area contributed by atoms with E-state index in [9.17, 15) is 4.79 Å². The Labute approximate surface area is 118 Å². The van der Waals surface area contributed by atoms with Gasteiger partial charge in [0.15, 0.2) is 5.54 Å². The molecule has 0 heterocycles. The molecular weight excluding hydrogens is 258 g/mol. The molecule has 1 unspecified atom stereocenters. The number of aliphatic hydroxyl groups excluding tert-OH is 1. The molecule has 3 N–H and O–H groups in total. The highest BCUT2D eigenvalue weighted by atomic mass is 16.5. The Bertz CT molecular complexity index is 473. The van der Waals surface area contributed by atoms with Crippen molar-refractivity contribution in [3.05, 3.63) is 29.8 Å². The summed E-state index contributed by atoms with van der Waals surface area (Å²) in [4.78, 5) is 12.0. The highest BCUT2D eigenvalue weighted by Gasteiger charge is 2.50. The van der Waals surface area contributed by atoms with Gasteiger partial charge in [-0.15, -0.1) is 0 Å². The molecule has 5 nitrogen and oxygen atoms in total. The van der Waals surface area contributed by atoms with Gasteiger partial charge in [-0.3, -0.25) is 0 Å². The van der Waals surface area contributed by atoms with Crippen LogP contribution in [0.4, 0.5) is 0 Å². The molecule has 0 bridgehead atoms. The zero-order valence-corrected chi connectivity index (χ0v) is 11.7. The third kappa shape index (κ3) is 3.29. The fourth-order valence-corrected chi connectivity index (χ4v) is 2.14. The van der Waals surface area contributed by atoms with Gasteiger partial charge in [-0.05, 0) is 43.4 Å². The summed E-state index contributed by atoms with van der Waals surface area (Å²) in [6.45, 7) is 2.11. The zero-order chi connectivity index (χ0) is 14.6. The minimum atomic E-state index is -1.08. The van der Waals surface area contributed by atoms with Gasteiger partial charge in [-0.25, -0.2) is 4.79 Å². The Hall–Kier alpha value is -1.59. The summed E-state index contributed by atoms with van der Waals surface area (Å²) in [6.07, 6.45) is 1.85. The average molecular weight is 279 g/mol. The Kier molecular flexibility index (Phi) is 4.62. The third-order valence-corrected chi connectivity index (χ3v) is 3.52. The molecule has 1 aromatic carbocycles. The van der Waals surface area contributed by atoms with Crippen LogP contribution in [0.15, 0.2) is 24.3 Å². The summed E-state index contributed by atoms with van der Waals surface area (Å²) in [5.41, 5.74) is 5.88. The topological polar surface area (TPSA) is 81.8 Å². The molecule has 0 aromatic heterocycles. The molecule has 0 radical (unpaired) electrons. The lowest BCUT2D eigenvalue weighted by Gasteiger charge is -2.27. The predicted octanol–water partition coefficient (Wildman–Crippen LogP) is 1.23. The first-order valence-corrected chi connectivity index (χ1v) is 6.89. The van der Waals surface area contributed by atoms with Gasteiger partial charge >= 0.3 is 5.97 Å². The van der Waals surface area contributed by atoms with Crippen molar-refractivity contribution in [2.24, 2.45) is 11.7 Å². The van der Waals surface area contributed by atoms with E-state index in [-0.39, 0.29) is 19.1 Å². The molecule has 1 saturated carbocycles. The maximum absolute atomic E-state index is 12.0. The van der Waals surface area contributed by atoms with Crippen molar-refractivity contribution in [2.45, 2.75) is 31.9 Å². The molecule has 5 heteroatoms. The SMILES string of the molecule is CCOC(=O)C(N)(COc1cccc(CO)c1)C1CC1. The molecule has 1 aliphatic carbocycles. The van der Waals surface area contributed by atoms with Gasteiger partial charge < -0.3 is 20.3 Å². The van der Waals surface area contributed by atoms with E-state index in [2.05, 4.69) is 0 Å². The monoisotopic (exact) mass is 279 g/mol. The Balaban J connectivity index is 2.03. The fraction of sp³-hybridized carbons (Fsp3) is 0.533. The minimum absolute atomic E-state index is 0.0501. The molecule has 110 valence electrons. The second-order valence-electron chi connectivity index (χ2n) is 5.13. The number of carbonyl (C=O) groups excluding carboxylic acids is 1. The minimum Gasteiger partial charge on any atom is -0.491 e. The number of benzene rings is 1. The number of rotatable bonds is 7. The molecule has 2 rings (SSSR count). The van der Waals surface area contributed by atoms with Crippen molar-refractivity contribution < 1.29 is 19.4 Å². The van der Waals surface area contributed by atoms with Crippen LogP contribution in [0.1, 0.15) is 25.3 Å². The van der Waals surface area contributed by atoms with Crippen LogP contribution < -0.4 is 10.5 Å². The van der Waals surface area contributed by atoms with Gasteiger partial charge in [0, 0.05) is 0 Å². The Morgan fingerprint density at radius 2 is 2.25 bits per heavy atom.